The number of rotatable bonds is 6. The van der Waals surface area contributed by atoms with Gasteiger partial charge in [0.1, 0.15) is 0 Å². The van der Waals surface area contributed by atoms with E-state index in [-0.39, 0.29) is 22.3 Å². The zero-order valence-corrected chi connectivity index (χ0v) is 16.4. The number of benzene rings is 1. The van der Waals surface area contributed by atoms with Crippen molar-refractivity contribution >= 4 is 27.0 Å². The maximum Gasteiger partial charge on any atom is 0.419 e. The Balaban J connectivity index is 1.68. The molecule has 0 atom stereocenters. The molecule has 0 spiro atoms. The summed E-state index contributed by atoms with van der Waals surface area (Å²) in [5, 5.41) is 2.86. The molecule has 0 radical (unpaired) electrons. The normalized spacial score (nSPS) is 16.7. The Morgan fingerprint density at radius 2 is 2.00 bits per heavy atom. The predicted molar refractivity (Wildman–Crippen MR) is 101 cm³/mol. The topological polar surface area (TPSA) is 102 Å². The second kappa shape index (κ2) is 7.85. The highest BCUT2D eigenvalue weighted by molar-refractivity contribution is 7.89. The van der Waals surface area contributed by atoms with Gasteiger partial charge in [-0.15, -0.1) is 0 Å². The Bertz CT molecular complexity index is 984. The molecule has 0 saturated carbocycles. The molecule has 2 aromatic rings. The van der Waals surface area contributed by atoms with Gasteiger partial charge in [0.05, 0.1) is 10.4 Å². The van der Waals surface area contributed by atoms with E-state index < -0.39 is 15.8 Å². The maximum absolute atomic E-state index is 12.9. The molecule has 1 aromatic carbocycles. The molecule has 1 saturated heterocycles. The van der Waals surface area contributed by atoms with Crippen LogP contribution >= 0.6 is 0 Å². The van der Waals surface area contributed by atoms with Crippen molar-refractivity contribution < 1.29 is 17.6 Å². The summed E-state index contributed by atoms with van der Waals surface area (Å²) in [6.45, 7) is 3.43. The number of oxazole rings is 1. The van der Waals surface area contributed by atoms with Crippen molar-refractivity contribution in [2.45, 2.75) is 37.5 Å². The lowest BCUT2D eigenvalue weighted by Gasteiger charge is -2.31. The number of carbonyl (C=O) groups excluding carboxylic acids is 1. The fraction of sp³-hybridized carbons (Fsp3) is 0.556. The van der Waals surface area contributed by atoms with Crippen LogP contribution in [0.25, 0.3) is 11.1 Å². The van der Waals surface area contributed by atoms with Gasteiger partial charge in [-0.05, 0) is 37.3 Å². The molecule has 1 aliphatic heterocycles. The number of nitrogens with one attached hydrogen (secondary N) is 1. The van der Waals surface area contributed by atoms with Crippen molar-refractivity contribution in [3.8, 4) is 0 Å². The molecule has 8 nitrogen and oxygen atoms in total. The lowest BCUT2D eigenvalue weighted by atomic mass is 9.94. The van der Waals surface area contributed by atoms with Crippen molar-refractivity contribution in [1.82, 2.24) is 14.2 Å². The van der Waals surface area contributed by atoms with Crippen molar-refractivity contribution in [3.05, 3.63) is 28.7 Å². The average molecular weight is 395 g/mol. The van der Waals surface area contributed by atoms with Crippen LogP contribution in [0.1, 0.15) is 32.6 Å². The summed E-state index contributed by atoms with van der Waals surface area (Å²) in [4.78, 5) is 23.6. The fourth-order valence-corrected chi connectivity index (χ4v) is 4.86. The third-order valence-corrected chi connectivity index (χ3v) is 6.92. The number of sulfonamides is 1. The first-order valence-electron chi connectivity index (χ1n) is 9.19. The third-order valence-electron chi connectivity index (χ3n) is 5.02. The molecule has 0 aliphatic carbocycles. The molecular formula is C18H25N3O5S. The summed E-state index contributed by atoms with van der Waals surface area (Å²) >= 11 is 0. The van der Waals surface area contributed by atoms with Crippen LogP contribution in [-0.2, 0) is 21.9 Å². The van der Waals surface area contributed by atoms with Crippen LogP contribution in [0, 0.1) is 5.92 Å². The number of piperidine rings is 1. The van der Waals surface area contributed by atoms with Crippen LogP contribution in [0.2, 0.25) is 0 Å². The minimum absolute atomic E-state index is 0.0303. The summed E-state index contributed by atoms with van der Waals surface area (Å²) in [5.41, 5.74) is 0.807. The summed E-state index contributed by atoms with van der Waals surface area (Å²) < 4.78 is 33.7. The van der Waals surface area contributed by atoms with Gasteiger partial charge in [0.2, 0.25) is 15.9 Å². The van der Waals surface area contributed by atoms with Gasteiger partial charge in [0.15, 0.2) is 5.58 Å². The number of hydrogen-bond acceptors (Lipinski definition) is 5. The van der Waals surface area contributed by atoms with E-state index in [9.17, 15) is 18.0 Å². The fourth-order valence-electron chi connectivity index (χ4n) is 3.38. The van der Waals surface area contributed by atoms with E-state index in [1.54, 1.807) is 13.1 Å². The molecule has 1 aliphatic rings. The van der Waals surface area contributed by atoms with Gasteiger partial charge in [-0.25, -0.2) is 13.2 Å². The van der Waals surface area contributed by atoms with Gasteiger partial charge in [-0.3, -0.25) is 9.36 Å². The minimum Gasteiger partial charge on any atom is -0.408 e. The lowest BCUT2D eigenvalue weighted by molar-refractivity contribution is -0.122. The van der Waals surface area contributed by atoms with Crippen molar-refractivity contribution in [1.29, 1.82) is 0 Å². The van der Waals surface area contributed by atoms with E-state index in [0.29, 0.717) is 44.4 Å². The molecule has 1 N–H and O–H groups in total. The molecule has 9 heteroatoms. The molecule has 3 rings (SSSR count). The van der Waals surface area contributed by atoms with E-state index in [2.05, 4.69) is 5.32 Å². The van der Waals surface area contributed by atoms with Gasteiger partial charge in [-0.1, -0.05) is 6.92 Å². The molecule has 1 aromatic heterocycles. The molecule has 0 unspecified atom stereocenters. The smallest absolute Gasteiger partial charge is 0.408 e. The minimum atomic E-state index is -3.66. The number of aromatic nitrogens is 1. The zero-order chi connectivity index (χ0) is 19.6. The zero-order valence-electron chi connectivity index (χ0n) is 15.6. The third kappa shape index (κ3) is 4.08. The molecule has 27 heavy (non-hydrogen) atoms. The predicted octanol–water partition coefficient (Wildman–Crippen LogP) is 1.45. The highest BCUT2D eigenvalue weighted by Gasteiger charge is 2.30. The maximum atomic E-state index is 12.9. The second-order valence-electron chi connectivity index (χ2n) is 6.96. The Labute approximate surface area is 158 Å². The lowest BCUT2D eigenvalue weighted by Crippen LogP contribution is -2.39. The Morgan fingerprint density at radius 3 is 2.67 bits per heavy atom. The number of hydrogen-bond donors (Lipinski definition) is 1. The highest BCUT2D eigenvalue weighted by Crippen LogP contribution is 2.27. The van der Waals surface area contributed by atoms with Crippen molar-refractivity contribution in [2.24, 2.45) is 13.0 Å². The molecule has 0 bridgehead atoms. The average Bonchev–Trinajstić information content (AvgIpc) is 2.94. The number of amides is 1. The van der Waals surface area contributed by atoms with E-state index in [0.717, 1.165) is 6.42 Å². The van der Waals surface area contributed by atoms with Crippen LogP contribution in [0.3, 0.4) is 0 Å². The van der Waals surface area contributed by atoms with Gasteiger partial charge in [-0.2, -0.15) is 4.31 Å². The SMILES string of the molecule is CCCNC(=O)CC1CCN(S(=O)(=O)c2ccc3c(c2)oc(=O)n3C)CC1. The van der Waals surface area contributed by atoms with Crippen LogP contribution in [0.15, 0.2) is 32.3 Å². The Morgan fingerprint density at radius 1 is 1.30 bits per heavy atom. The number of nitrogens with zero attached hydrogens (tertiary/aromatic N) is 2. The van der Waals surface area contributed by atoms with Gasteiger partial charge in [0.25, 0.3) is 0 Å². The number of fused-ring (bicyclic) bond motifs is 1. The number of aryl methyl sites for hydroxylation is 1. The molecule has 1 amide bonds. The summed E-state index contributed by atoms with van der Waals surface area (Å²) in [6.07, 6.45) is 2.65. The van der Waals surface area contributed by atoms with E-state index in [1.807, 2.05) is 6.92 Å². The first kappa shape index (κ1) is 19.6. The van der Waals surface area contributed by atoms with Gasteiger partial charge < -0.3 is 9.73 Å². The summed E-state index contributed by atoms with van der Waals surface area (Å²) in [5.74, 6) is -0.299. The van der Waals surface area contributed by atoms with Crippen molar-refractivity contribution in [3.63, 3.8) is 0 Å². The van der Waals surface area contributed by atoms with Crippen LogP contribution in [-0.4, -0.2) is 42.8 Å². The Hall–Kier alpha value is -2.13. The van der Waals surface area contributed by atoms with Crippen molar-refractivity contribution in [2.75, 3.05) is 19.6 Å². The van der Waals surface area contributed by atoms with Crippen LogP contribution < -0.4 is 11.1 Å². The van der Waals surface area contributed by atoms with Gasteiger partial charge in [0, 0.05) is 39.2 Å². The molecular weight excluding hydrogens is 370 g/mol. The molecule has 2 heterocycles. The summed E-state index contributed by atoms with van der Waals surface area (Å²) in [7, 11) is -2.09. The standard InChI is InChI=1S/C18H25N3O5S/c1-3-8-19-17(22)11-13-6-9-21(10-7-13)27(24,25)14-4-5-15-16(12-14)26-18(23)20(15)2/h4-5,12-13H,3,6-11H2,1-2H3,(H,19,22). The Kier molecular flexibility index (Phi) is 5.71. The van der Waals surface area contributed by atoms with E-state index in [4.69, 9.17) is 4.42 Å². The first-order valence-corrected chi connectivity index (χ1v) is 10.6. The first-order chi connectivity index (χ1) is 12.8. The second-order valence-corrected chi connectivity index (χ2v) is 8.90. The molecule has 148 valence electrons. The number of carbonyl (C=O) groups is 1. The largest absolute Gasteiger partial charge is 0.419 e. The highest BCUT2D eigenvalue weighted by atomic mass is 32.2. The quantitative estimate of drug-likeness (QED) is 0.798. The van der Waals surface area contributed by atoms with Crippen LogP contribution in [0.4, 0.5) is 0 Å². The monoisotopic (exact) mass is 395 g/mol. The molecule has 1 fully saturated rings. The van der Waals surface area contributed by atoms with Crippen LogP contribution in [0.5, 0.6) is 0 Å². The van der Waals surface area contributed by atoms with E-state index in [1.165, 1.54) is 21.0 Å². The summed E-state index contributed by atoms with van der Waals surface area (Å²) in [6, 6.07) is 4.48. The van der Waals surface area contributed by atoms with Gasteiger partial charge >= 0.3 is 5.76 Å². The van der Waals surface area contributed by atoms with E-state index >= 15 is 0 Å².